The second kappa shape index (κ2) is 5.62. The van der Waals surface area contributed by atoms with Gasteiger partial charge >= 0.3 is 7.12 Å². The van der Waals surface area contributed by atoms with Crippen LogP contribution in [-0.4, -0.2) is 27.1 Å². The summed E-state index contributed by atoms with van der Waals surface area (Å²) in [6, 6.07) is 5.36. The molecule has 2 heterocycles. The lowest BCUT2D eigenvalue weighted by molar-refractivity contribution is 0.299. The molecule has 0 fully saturated rings. The Labute approximate surface area is 105 Å². The molecule has 0 aromatic carbocycles. The first-order valence-electron chi connectivity index (χ1n) is 5.51. The van der Waals surface area contributed by atoms with Crippen molar-refractivity contribution in [3.05, 3.63) is 48.0 Å². The molecule has 92 valence electrons. The van der Waals surface area contributed by atoms with E-state index in [1.54, 1.807) is 6.20 Å². The summed E-state index contributed by atoms with van der Waals surface area (Å²) in [4.78, 5) is 8.08. The Bertz CT molecular complexity index is 534. The highest BCUT2D eigenvalue weighted by Crippen LogP contribution is 2.10. The maximum atomic E-state index is 9.03. The molecular formula is C12H13BN2O3. The Balaban J connectivity index is 2.07. The number of hydrogen-bond donors (Lipinski definition) is 2. The number of rotatable bonds is 4. The van der Waals surface area contributed by atoms with Crippen molar-refractivity contribution in [2.24, 2.45) is 0 Å². The molecule has 2 aromatic rings. The topological polar surface area (TPSA) is 75.5 Å². The number of ether oxygens (including phenoxy) is 1. The average molecular weight is 244 g/mol. The van der Waals surface area contributed by atoms with E-state index in [0.717, 1.165) is 11.3 Å². The van der Waals surface area contributed by atoms with Crippen LogP contribution in [0.25, 0.3) is 0 Å². The molecular weight excluding hydrogens is 231 g/mol. The van der Waals surface area contributed by atoms with Crippen molar-refractivity contribution in [1.82, 2.24) is 9.97 Å². The number of aromatic nitrogens is 2. The molecule has 0 aliphatic carbocycles. The fourth-order valence-corrected chi connectivity index (χ4v) is 1.48. The van der Waals surface area contributed by atoms with E-state index in [9.17, 15) is 0 Å². The Morgan fingerprint density at radius 3 is 2.89 bits per heavy atom. The Kier molecular flexibility index (Phi) is 3.91. The molecule has 2 rings (SSSR count). The minimum Gasteiger partial charge on any atom is -0.486 e. The number of pyridine rings is 2. The van der Waals surface area contributed by atoms with Crippen LogP contribution in [0, 0.1) is 6.92 Å². The molecule has 0 spiro atoms. The Morgan fingerprint density at radius 2 is 2.17 bits per heavy atom. The van der Waals surface area contributed by atoms with Crippen LogP contribution in [-0.2, 0) is 6.61 Å². The monoisotopic (exact) mass is 244 g/mol. The van der Waals surface area contributed by atoms with Crippen molar-refractivity contribution in [2.75, 3.05) is 0 Å². The number of nitrogens with zero attached hydrogens (tertiary/aromatic N) is 2. The standard InChI is InChI=1S/C12H13BN2O3/c1-9-3-2-4-15-12(9)8-18-11-5-10(13(16)17)6-14-7-11/h2-7,16-17H,8H2,1H3. The van der Waals surface area contributed by atoms with Gasteiger partial charge in [0, 0.05) is 17.9 Å². The van der Waals surface area contributed by atoms with E-state index < -0.39 is 7.12 Å². The third-order valence-electron chi connectivity index (χ3n) is 2.53. The van der Waals surface area contributed by atoms with Crippen LogP contribution in [0.4, 0.5) is 0 Å². The minimum atomic E-state index is -1.54. The van der Waals surface area contributed by atoms with E-state index in [1.807, 2.05) is 19.1 Å². The fourth-order valence-electron chi connectivity index (χ4n) is 1.48. The number of aryl methyl sites for hydroxylation is 1. The van der Waals surface area contributed by atoms with Gasteiger partial charge in [-0.05, 0) is 24.6 Å². The van der Waals surface area contributed by atoms with Crippen LogP contribution in [0.2, 0.25) is 0 Å². The summed E-state index contributed by atoms with van der Waals surface area (Å²) in [5, 5.41) is 18.1. The maximum absolute atomic E-state index is 9.03. The highest BCUT2D eigenvalue weighted by Gasteiger charge is 2.12. The van der Waals surface area contributed by atoms with Gasteiger partial charge in [-0.1, -0.05) is 6.07 Å². The highest BCUT2D eigenvalue weighted by molar-refractivity contribution is 6.58. The van der Waals surface area contributed by atoms with Crippen LogP contribution in [0.15, 0.2) is 36.8 Å². The van der Waals surface area contributed by atoms with Gasteiger partial charge in [0.15, 0.2) is 0 Å². The third kappa shape index (κ3) is 3.06. The van der Waals surface area contributed by atoms with Gasteiger partial charge in [-0.15, -0.1) is 0 Å². The van der Waals surface area contributed by atoms with E-state index in [4.69, 9.17) is 14.8 Å². The lowest BCUT2D eigenvalue weighted by Crippen LogP contribution is -2.30. The van der Waals surface area contributed by atoms with Crippen molar-refractivity contribution in [2.45, 2.75) is 13.5 Å². The minimum absolute atomic E-state index is 0.297. The summed E-state index contributed by atoms with van der Waals surface area (Å²) >= 11 is 0. The molecule has 0 atom stereocenters. The van der Waals surface area contributed by atoms with Gasteiger partial charge in [0.05, 0.1) is 11.9 Å². The van der Waals surface area contributed by atoms with Crippen molar-refractivity contribution in [1.29, 1.82) is 0 Å². The first-order valence-corrected chi connectivity index (χ1v) is 5.51. The molecule has 0 unspecified atom stereocenters. The predicted molar refractivity (Wildman–Crippen MR) is 67.4 cm³/mol. The van der Waals surface area contributed by atoms with Crippen LogP contribution >= 0.6 is 0 Å². The van der Waals surface area contributed by atoms with E-state index in [1.165, 1.54) is 18.5 Å². The normalized spacial score (nSPS) is 10.2. The predicted octanol–water partition coefficient (Wildman–Crippen LogP) is 0.0438. The second-order valence-electron chi connectivity index (χ2n) is 3.88. The summed E-state index contributed by atoms with van der Waals surface area (Å²) in [7, 11) is -1.54. The Morgan fingerprint density at radius 1 is 1.33 bits per heavy atom. The smallest absolute Gasteiger partial charge is 0.486 e. The molecule has 18 heavy (non-hydrogen) atoms. The van der Waals surface area contributed by atoms with Gasteiger partial charge < -0.3 is 14.8 Å². The summed E-state index contributed by atoms with van der Waals surface area (Å²) in [6.45, 7) is 2.27. The molecule has 6 heteroatoms. The summed E-state index contributed by atoms with van der Waals surface area (Å²) in [5.74, 6) is 0.477. The van der Waals surface area contributed by atoms with Crippen LogP contribution in [0.5, 0.6) is 5.75 Å². The molecule has 0 saturated heterocycles. The molecule has 0 aliphatic heterocycles. The van der Waals surface area contributed by atoms with Gasteiger partial charge in [-0.2, -0.15) is 0 Å². The average Bonchev–Trinajstić information content (AvgIpc) is 2.38. The van der Waals surface area contributed by atoms with Gasteiger partial charge in [0.25, 0.3) is 0 Å². The van der Waals surface area contributed by atoms with E-state index in [2.05, 4.69) is 9.97 Å². The Hall–Kier alpha value is -1.92. The third-order valence-corrected chi connectivity index (χ3v) is 2.53. The lowest BCUT2D eigenvalue weighted by atomic mass is 9.82. The highest BCUT2D eigenvalue weighted by atomic mass is 16.5. The first-order chi connectivity index (χ1) is 8.66. The first kappa shape index (κ1) is 12.5. The van der Waals surface area contributed by atoms with Gasteiger partial charge in [-0.25, -0.2) is 0 Å². The van der Waals surface area contributed by atoms with Crippen molar-refractivity contribution in [3.8, 4) is 5.75 Å². The van der Waals surface area contributed by atoms with Crippen LogP contribution in [0.3, 0.4) is 0 Å². The molecule has 0 saturated carbocycles. The van der Waals surface area contributed by atoms with Gasteiger partial charge in [-0.3, -0.25) is 9.97 Å². The van der Waals surface area contributed by atoms with Gasteiger partial charge in [0.1, 0.15) is 12.4 Å². The van der Waals surface area contributed by atoms with E-state index in [-0.39, 0.29) is 0 Å². The lowest BCUT2D eigenvalue weighted by Gasteiger charge is -2.08. The summed E-state index contributed by atoms with van der Waals surface area (Å²) in [6.07, 6.45) is 4.60. The van der Waals surface area contributed by atoms with E-state index >= 15 is 0 Å². The van der Waals surface area contributed by atoms with E-state index in [0.29, 0.717) is 17.8 Å². The molecule has 0 amide bonds. The van der Waals surface area contributed by atoms with Crippen molar-refractivity contribution < 1.29 is 14.8 Å². The molecule has 0 radical (unpaired) electrons. The zero-order valence-electron chi connectivity index (χ0n) is 9.95. The zero-order valence-corrected chi connectivity index (χ0v) is 9.95. The maximum Gasteiger partial charge on any atom is 0.490 e. The van der Waals surface area contributed by atoms with Gasteiger partial charge in [0.2, 0.25) is 0 Å². The quantitative estimate of drug-likeness (QED) is 0.743. The summed E-state index contributed by atoms with van der Waals surface area (Å²) in [5.41, 5.74) is 2.18. The summed E-state index contributed by atoms with van der Waals surface area (Å²) < 4.78 is 5.52. The zero-order chi connectivity index (χ0) is 13.0. The van der Waals surface area contributed by atoms with Crippen molar-refractivity contribution in [3.63, 3.8) is 0 Å². The molecule has 2 N–H and O–H groups in total. The van der Waals surface area contributed by atoms with Crippen molar-refractivity contribution >= 4 is 12.6 Å². The molecule has 0 aliphatic rings. The molecule has 2 aromatic heterocycles. The fraction of sp³-hybridized carbons (Fsp3) is 0.167. The van der Waals surface area contributed by atoms with Crippen LogP contribution in [0.1, 0.15) is 11.3 Å². The van der Waals surface area contributed by atoms with Crippen LogP contribution < -0.4 is 10.2 Å². The second-order valence-corrected chi connectivity index (χ2v) is 3.88. The largest absolute Gasteiger partial charge is 0.490 e. The number of hydrogen-bond acceptors (Lipinski definition) is 5. The molecule has 5 nitrogen and oxygen atoms in total. The SMILES string of the molecule is Cc1cccnc1COc1cncc(B(O)O)c1. The molecule has 0 bridgehead atoms.